The van der Waals surface area contributed by atoms with E-state index in [1.807, 2.05) is 32.9 Å². The van der Waals surface area contributed by atoms with Crippen molar-refractivity contribution in [1.29, 1.82) is 10.5 Å². The van der Waals surface area contributed by atoms with E-state index >= 15 is 0 Å². The summed E-state index contributed by atoms with van der Waals surface area (Å²) < 4.78 is 24.3. The summed E-state index contributed by atoms with van der Waals surface area (Å²) in [5.74, 6) is 0. The van der Waals surface area contributed by atoms with Gasteiger partial charge in [0.25, 0.3) is 0 Å². The van der Waals surface area contributed by atoms with Gasteiger partial charge in [0, 0.05) is 18.8 Å². The number of thioether (sulfide) groups is 1. The van der Waals surface area contributed by atoms with Gasteiger partial charge in [-0.15, -0.1) is 10.2 Å². The molecule has 0 aromatic heterocycles. The molecule has 1 aliphatic rings. The molecule has 0 spiro atoms. The first-order valence-electron chi connectivity index (χ1n) is 14.6. The van der Waals surface area contributed by atoms with E-state index in [1.165, 1.54) is 11.8 Å². The number of anilines is 1. The monoisotopic (exact) mass is 611 g/mol. The number of rotatable bonds is 19. The number of hydrogen-bond acceptors (Lipinski definition) is 10. The second-order valence-corrected chi connectivity index (χ2v) is 12.4. The van der Waals surface area contributed by atoms with Crippen molar-refractivity contribution in [3.8, 4) is 12.1 Å². The van der Waals surface area contributed by atoms with Crippen LogP contribution >= 0.6 is 11.8 Å². The molecule has 0 fully saturated rings. The van der Waals surface area contributed by atoms with Gasteiger partial charge in [-0.05, 0) is 75.7 Å². The van der Waals surface area contributed by atoms with Crippen molar-refractivity contribution in [3.63, 3.8) is 0 Å². The lowest BCUT2D eigenvalue weighted by Gasteiger charge is -2.29. The molecular weight excluding hydrogens is 564 g/mol. The topological polar surface area (TPSA) is 112 Å². The Bertz CT molecular complexity index is 1270. The Labute approximate surface area is 261 Å². The molecule has 234 valence electrons. The maximum absolute atomic E-state index is 9.38. The third kappa shape index (κ3) is 13.5. The highest BCUT2D eigenvalue weighted by atomic mass is 32.2. The van der Waals surface area contributed by atoms with Gasteiger partial charge in [0.1, 0.15) is 24.3 Å². The summed E-state index contributed by atoms with van der Waals surface area (Å²) >= 11 is 1.17. The quantitative estimate of drug-likeness (QED) is 0.0824. The molecule has 1 heterocycles. The highest BCUT2D eigenvalue weighted by Crippen LogP contribution is 2.35. The number of nitriles is 2. The third-order valence-electron chi connectivity index (χ3n) is 6.43. The maximum atomic E-state index is 9.38. The Morgan fingerprint density at radius 2 is 1.67 bits per heavy atom. The summed E-state index contributed by atoms with van der Waals surface area (Å²) in [6, 6.07) is 10.2. The molecule has 0 radical (unpaired) electrons. The van der Waals surface area contributed by atoms with E-state index in [0.29, 0.717) is 73.0 Å². The largest absolute Gasteiger partial charge is 0.377 e. The van der Waals surface area contributed by atoms with Crippen molar-refractivity contribution in [2.45, 2.75) is 46.8 Å². The number of ether oxygens (including phenoxy) is 4. The van der Waals surface area contributed by atoms with Crippen LogP contribution < -0.4 is 4.90 Å². The molecule has 1 aliphatic heterocycles. The molecule has 1 aromatic carbocycles. The number of likely N-dealkylation sites (N-methyl/N-ethyl adjacent to an activating group) is 2. The zero-order valence-electron chi connectivity index (χ0n) is 27.0. The van der Waals surface area contributed by atoms with E-state index in [4.69, 9.17) is 18.9 Å². The number of allylic oxidation sites excluding steroid dienone is 3. The number of hydrogen-bond donors (Lipinski definition) is 0. The number of aryl methyl sites for hydroxylation is 1. The molecule has 43 heavy (non-hydrogen) atoms. The molecule has 0 aliphatic carbocycles. The predicted molar refractivity (Wildman–Crippen MR) is 171 cm³/mol. The lowest BCUT2D eigenvalue weighted by Crippen LogP contribution is -2.38. The second kappa shape index (κ2) is 18.6. The maximum Gasteiger partial charge on any atom is 0.168 e. The molecule has 0 amide bonds. The number of nitrogens with zero attached hydrogens (tertiary/aromatic N) is 6. The first-order valence-corrected chi connectivity index (χ1v) is 15.5. The molecular formula is C32H47N6O4S+. The fourth-order valence-electron chi connectivity index (χ4n) is 3.87. The summed E-state index contributed by atoms with van der Waals surface area (Å²) in [6.07, 6.45) is -0.0259. The molecule has 1 atom stereocenters. The van der Waals surface area contributed by atoms with E-state index in [9.17, 15) is 10.5 Å². The van der Waals surface area contributed by atoms with Crippen LogP contribution in [0.2, 0.25) is 0 Å². The fourth-order valence-corrected chi connectivity index (χ4v) is 4.60. The van der Waals surface area contributed by atoms with Crippen LogP contribution in [-0.2, 0) is 18.9 Å². The van der Waals surface area contributed by atoms with E-state index in [1.54, 1.807) is 6.92 Å². The Hall–Kier alpha value is -2.99. The Balaban J connectivity index is 1.97. The van der Waals surface area contributed by atoms with Crippen LogP contribution in [0.5, 0.6) is 0 Å². The van der Waals surface area contributed by atoms with Crippen LogP contribution in [0.4, 0.5) is 11.4 Å². The van der Waals surface area contributed by atoms with E-state index in [2.05, 4.69) is 67.1 Å². The molecule has 0 bridgehead atoms. The summed E-state index contributed by atoms with van der Waals surface area (Å²) in [5, 5.41) is 27.8. The standard InChI is InChI=1S/C32H47N6O4S/c1-9-37(22-29(23-42-24(2)3)41-17-16-40-15-14-39-13-12-38(6,7)8)28-10-11-30(25(4)18-28)35-36-32-19-27(20-33)26(5)31(21-34)43-32/h10-11,18,24,29H,9,12-17,22-23H2,1-8H3/q+1. The molecule has 11 heteroatoms. The van der Waals surface area contributed by atoms with Crippen molar-refractivity contribution in [3.05, 3.63) is 50.6 Å². The van der Waals surface area contributed by atoms with Gasteiger partial charge in [0.05, 0.1) is 83.6 Å². The zero-order valence-corrected chi connectivity index (χ0v) is 27.8. The van der Waals surface area contributed by atoms with E-state index in [0.717, 1.165) is 28.8 Å². The average molecular weight is 612 g/mol. The molecule has 2 rings (SSSR count). The highest BCUT2D eigenvalue weighted by molar-refractivity contribution is 8.07. The zero-order chi connectivity index (χ0) is 31.8. The molecule has 0 N–H and O–H groups in total. The van der Waals surface area contributed by atoms with Crippen molar-refractivity contribution in [2.75, 3.05) is 85.3 Å². The lowest BCUT2D eigenvalue weighted by molar-refractivity contribution is -0.870. The average Bonchev–Trinajstić information content (AvgIpc) is 2.96. The Morgan fingerprint density at radius 1 is 0.977 bits per heavy atom. The predicted octanol–water partition coefficient (Wildman–Crippen LogP) is 5.89. The number of benzene rings is 1. The molecule has 0 saturated carbocycles. The molecule has 1 unspecified atom stereocenters. The minimum Gasteiger partial charge on any atom is -0.377 e. The van der Waals surface area contributed by atoms with Gasteiger partial charge in [-0.3, -0.25) is 0 Å². The van der Waals surface area contributed by atoms with Crippen LogP contribution in [0.3, 0.4) is 0 Å². The van der Waals surface area contributed by atoms with Crippen molar-refractivity contribution >= 4 is 23.1 Å². The summed E-state index contributed by atoms with van der Waals surface area (Å²) in [7, 11) is 6.44. The van der Waals surface area contributed by atoms with Crippen molar-refractivity contribution in [2.24, 2.45) is 10.2 Å². The van der Waals surface area contributed by atoms with Crippen molar-refractivity contribution in [1.82, 2.24) is 0 Å². The first kappa shape index (κ1) is 36.2. The van der Waals surface area contributed by atoms with Gasteiger partial charge < -0.3 is 28.3 Å². The highest BCUT2D eigenvalue weighted by Gasteiger charge is 2.18. The summed E-state index contributed by atoms with van der Waals surface area (Å²) in [4.78, 5) is 2.68. The first-order chi connectivity index (χ1) is 20.5. The number of quaternary nitrogens is 1. The summed E-state index contributed by atoms with van der Waals surface area (Å²) in [6.45, 7) is 15.5. The second-order valence-electron chi connectivity index (χ2n) is 11.4. The van der Waals surface area contributed by atoms with Gasteiger partial charge in [-0.25, -0.2) is 0 Å². The van der Waals surface area contributed by atoms with E-state index < -0.39 is 0 Å². The summed E-state index contributed by atoms with van der Waals surface area (Å²) in [5.41, 5.74) is 6.55. The third-order valence-corrected chi connectivity index (χ3v) is 7.41. The van der Waals surface area contributed by atoms with Crippen LogP contribution in [0, 0.1) is 29.6 Å². The minimum atomic E-state index is -0.131. The number of azo groups is 1. The molecule has 1 aromatic rings. The Morgan fingerprint density at radius 3 is 2.28 bits per heavy atom. The SMILES string of the molecule is CCN(CC(COC(C)C)OCCOCCOCC[N+](C)(C)C)c1ccc(N=NC2=C=C(C#N)C(C)=C(C#N)S2)c(C)c1. The fraction of sp³-hybridized carbons (Fsp3) is 0.594. The molecule has 0 saturated heterocycles. The lowest BCUT2D eigenvalue weighted by atomic mass is 10.1. The van der Waals surface area contributed by atoms with Crippen LogP contribution in [0.1, 0.15) is 33.3 Å². The van der Waals surface area contributed by atoms with Crippen molar-refractivity contribution < 1.29 is 23.4 Å². The smallest absolute Gasteiger partial charge is 0.168 e. The normalized spacial score (nSPS) is 14.5. The van der Waals surface area contributed by atoms with Gasteiger partial charge in [-0.1, -0.05) is 5.73 Å². The van der Waals surface area contributed by atoms with Crippen LogP contribution in [-0.4, -0.2) is 97.1 Å². The van der Waals surface area contributed by atoms with E-state index in [-0.39, 0.29) is 12.2 Å². The van der Waals surface area contributed by atoms with Gasteiger partial charge in [0.15, 0.2) is 5.03 Å². The van der Waals surface area contributed by atoms with Crippen LogP contribution in [0.25, 0.3) is 0 Å². The molecule has 10 nitrogen and oxygen atoms in total. The van der Waals surface area contributed by atoms with Gasteiger partial charge >= 0.3 is 0 Å². The van der Waals surface area contributed by atoms with Crippen LogP contribution in [0.15, 0.2) is 55.2 Å². The van der Waals surface area contributed by atoms with Gasteiger partial charge in [0.2, 0.25) is 0 Å². The Kier molecular flexibility index (Phi) is 15.7. The minimum absolute atomic E-state index is 0.105. The van der Waals surface area contributed by atoms with Gasteiger partial charge in [-0.2, -0.15) is 10.5 Å².